The summed E-state index contributed by atoms with van der Waals surface area (Å²) in [4.78, 5) is 25.5. The molecule has 0 saturated carbocycles. The zero-order valence-corrected chi connectivity index (χ0v) is 22.1. The van der Waals surface area contributed by atoms with Gasteiger partial charge in [-0.3, -0.25) is 4.79 Å². The molecule has 2 aromatic heterocycles. The van der Waals surface area contributed by atoms with E-state index in [1.54, 1.807) is 18.5 Å². The van der Waals surface area contributed by atoms with Crippen molar-refractivity contribution in [3.63, 3.8) is 0 Å². The molecule has 4 heterocycles. The van der Waals surface area contributed by atoms with Crippen molar-refractivity contribution in [2.45, 2.75) is 24.7 Å². The average Bonchev–Trinajstić information content (AvgIpc) is 3.33. The Morgan fingerprint density at radius 2 is 1.72 bits per heavy atom. The Hall–Kier alpha value is -3.71. The van der Waals surface area contributed by atoms with E-state index >= 15 is 0 Å². The van der Waals surface area contributed by atoms with Crippen LogP contribution in [0.2, 0.25) is 0 Å². The standard InChI is InChI=1S/C26H28F2N6O4S/c1-18-24(23(38-31-18)6-4-19-3-5-21(27)17-22(19)28)39(36,37)34-11-7-20(8-12-34)25(35)32-13-15-33(16-14-32)26-29-9-2-10-30-26/h2-6,9-10,17,20H,7-8,11-16H2,1H3. The molecule has 206 valence electrons. The number of halogens is 2. The second kappa shape index (κ2) is 11.2. The molecule has 2 fully saturated rings. The number of aromatic nitrogens is 3. The molecular formula is C26H28F2N6O4S. The maximum atomic E-state index is 14.0. The van der Waals surface area contributed by atoms with Crippen LogP contribution in [-0.2, 0) is 14.8 Å². The molecular weight excluding hydrogens is 530 g/mol. The van der Waals surface area contributed by atoms with Gasteiger partial charge < -0.3 is 14.3 Å². The van der Waals surface area contributed by atoms with Gasteiger partial charge in [0, 0.05) is 69.2 Å². The number of sulfonamides is 1. The Morgan fingerprint density at radius 3 is 2.38 bits per heavy atom. The van der Waals surface area contributed by atoms with Crippen LogP contribution in [0, 0.1) is 24.5 Å². The Kier molecular flexibility index (Phi) is 7.71. The lowest BCUT2D eigenvalue weighted by Gasteiger charge is -2.38. The molecule has 0 unspecified atom stereocenters. The van der Waals surface area contributed by atoms with Crippen LogP contribution in [0.1, 0.15) is 29.9 Å². The summed E-state index contributed by atoms with van der Waals surface area (Å²) in [5, 5.41) is 3.80. The molecule has 1 aromatic carbocycles. The van der Waals surface area contributed by atoms with E-state index in [2.05, 4.69) is 15.1 Å². The van der Waals surface area contributed by atoms with Crippen LogP contribution < -0.4 is 4.90 Å². The molecule has 2 aliphatic heterocycles. The summed E-state index contributed by atoms with van der Waals surface area (Å²) in [7, 11) is -3.99. The first kappa shape index (κ1) is 26.9. The van der Waals surface area contributed by atoms with Gasteiger partial charge in [0.05, 0.1) is 0 Å². The molecule has 0 atom stereocenters. The second-order valence-corrected chi connectivity index (χ2v) is 11.4. The lowest BCUT2D eigenvalue weighted by molar-refractivity contribution is -0.137. The highest BCUT2D eigenvalue weighted by atomic mass is 32.2. The fourth-order valence-corrected chi connectivity index (χ4v) is 6.63. The van der Waals surface area contributed by atoms with E-state index < -0.39 is 21.7 Å². The second-order valence-electron chi connectivity index (χ2n) is 9.50. The number of hydrogen-bond acceptors (Lipinski definition) is 8. The topological polar surface area (TPSA) is 113 Å². The summed E-state index contributed by atoms with van der Waals surface area (Å²) in [6.07, 6.45) is 6.79. The van der Waals surface area contributed by atoms with Crippen molar-refractivity contribution in [2.75, 3.05) is 44.2 Å². The number of anilines is 1. The Morgan fingerprint density at radius 1 is 1.03 bits per heavy atom. The van der Waals surface area contributed by atoms with Crippen LogP contribution in [0.3, 0.4) is 0 Å². The van der Waals surface area contributed by atoms with E-state index in [9.17, 15) is 22.0 Å². The number of hydrogen-bond donors (Lipinski definition) is 0. The summed E-state index contributed by atoms with van der Waals surface area (Å²) in [6.45, 7) is 4.25. The van der Waals surface area contributed by atoms with Crippen LogP contribution in [0.25, 0.3) is 12.2 Å². The molecule has 39 heavy (non-hydrogen) atoms. The van der Waals surface area contributed by atoms with Gasteiger partial charge in [0.1, 0.15) is 17.3 Å². The average molecular weight is 559 g/mol. The van der Waals surface area contributed by atoms with Gasteiger partial charge in [-0.2, -0.15) is 4.31 Å². The molecule has 0 aliphatic carbocycles. The summed E-state index contributed by atoms with van der Waals surface area (Å²) in [5.74, 6) is -1.13. The number of amides is 1. The van der Waals surface area contributed by atoms with E-state index in [0.717, 1.165) is 12.1 Å². The third-order valence-corrected chi connectivity index (χ3v) is 9.09. The van der Waals surface area contributed by atoms with E-state index in [0.29, 0.717) is 45.0 Å². The minimum absolute atomic E-state index is 0.0341. The number of nitrogens with zero attached hydrogens (tertiary/aromatic N) is 6. The SMILES string of the molecule is Cc1noc(C=Cc2ccc(F)cc2F)c1S(=O)(=O)N1CCC(C(=O)N2CCN(c3ncccn3)CC2)CC1. The Balaban J connectivity index is 1.21. The highest BCUT2D eigenvalue weighted by Gasteiger charge is 2.37. The first-order chi connectivity index (χ1) is 18.7. The van der Waals surface area contributed by atoms with Gasteiger partial charge in [0.25, 0.3) is 0 Å². The lowest BCUT2D eigenvalue weighted by atomic mass is 9.96. The third kappa shape index (κ3) is 5.69. The summed E-state index contributed by atoms with van der Waals surface area (Å²) in [5.41, 5.74) is 0.248. The van der Waals surface area contributed by atoms with Crippen LogP contribution in [0.15, 0.2) is 46.1 Å². The van der Waals surface area contributed by atoms with Crippen molar-refractivity contribution < 1.29 is 26.5 Å². The lowest BCUT2D eigenvalue weighted by Crippen LogP contribution is -2.52. The monoisotopic (exact) mass is 558 g/mol. The summed E-state index contributed by atoms with van der Waals surface area (Å²) < 4.78 is 60.8. The molecule has 5 rings (SSSR count). The largest absolute Gasteiger partial charge is 0.355 e. The van der Waals surface area contributed by atoms with Crippen molar-refractivity contribution in [2.24, 2.45) is 5.92 Å². The van der Waals surface area contributed by atoms with Crippen LogP contribution >= 0.6 is 0 Å². The number of rotatable bonds is 6. The fourth-order valence-electron chi connectivity index (χ4n) is 4.91. The fraction of sp³-hybridized carbons (Fsp3) is 0.385. The van der Waals surface area contributed by atoms with Gasteiger partial charge in [-0.25, -0.2) is 27.2 Å². The van der Waals surface area contributed by atoms with Gasteiger partial charge in [0.2, 0.25) is 21.9 Å². The molecule has 13 heteroatoms. The molecule has 2 saturated heterocycles. The number of benzene rings is 1. The molecule has 0 bridgehead atoms. The van der Waals surface area contributed by atoms with Gasteiger partial charge in [-0.1, -0.05) is 5.16 Å². The predicted molar refractivity (Wildman–Crippen MR) is 139 cm³/mol. The van der Waals surface area contributed by atoms with Crippen molar-refractivity contribution >= 4 is 34.0 Å². The molecule has 0 N–H and O–H groups in total. The van der Waals surface area contributed by atoms with Crippen LogP contribution in [0.4, 0.5) is 14.7 Å². The smallest absolute Gasteiger partial charge is 0.248 e. The molecule has 10 nitrogen and oxygen atoms in total. The Bertz CT molecular complexity index is 1460. The quantitative estimate of drug-likeness (QED) is 0.454. The van der Waals surface area contributed by atoms with Crippen LogP contribution in [0.5, 0.6) is 0 Å². The van der Waals surface area contributed by atoms with Crippen molar-refractivity contribution in [3.05, 3.63) is 65.3 Å². The van der Waals surface area contributed by atoms with Gasteiger partial charge in [0.15, 0.2) is 10.7 Å². The summed E-state index contributed by atoms with van der Waals surface area (Å²) in [6, 6.07) is 4.85. The first-order valence-electron chi connectivity index (χ1n) is 12.6. The van der Waals surface area contributed by atoms with E-state index in [4.69, 9.17) is 4.52 Å². The van der Waals surface area contributed by atoms with Crippen molar-refractivity contribution in [3.8, 4) is 0 Å². The molecule has 3 aromatic rings. The van der Waals surface area contributed by atoms with Crippen LogP contribution in [-0.4, -0.2) is 77.9 Å². The third-order valence-electron chi connectivity index (χ3n) is 7.04. The first-order valence-corrected chi connectivity index (χ1v) is 14.1. The van der Waals surface area contributed by atoms with Gasteiger partial charge >= 0.3 is 0 Å². The van der Waals surface area contributed by atoms with Gasteiger partial charge in [-0.15, -0.1) is 0 Å². The molecule has 2 aliphatic rings. The maximum Gasteiger partial charge on any atom is 0.248 e. The zero-order valence-electron chi connectivity index (χ0n) is 21.3. The molecule has 0 radical (unpaired) electrons. The number of aryl methyl sites for hydroxylation is 1. The number of piperidine rings is 1. The molecule has 0 spiro atoms. The number of carbonyl (C=O) groups excluding carboxylic acids is 1. The highest BCUT2D eigenvalue weighted by Crippen LogP contribution is 2.30. The van der Waals surface area contributed by atoms with Gasteiger partial charge in [-0.05, 0) is 50.1 Å². The minimum Gasteiger partial charge on any atom is -0.355 e. The maximum absolute atomic E-state index is 14.0. The predicted octanol–water partition coefficient (Wildman–Crippen LogP) is 2.97. The summed E-state index contributed by atoms with van der Waals surface area (Å²) >= 11 is 0. The van der Waals surface area contributed by atoms with E-state index in [-0.39, 0.29) is 46.8 Å². The molecule has 1 amide bonds. The number of carbonyl (C=O) groups is 1. The van der Waals surface area contributed by atoms with Crippen molar-refractivity contribution in [1.29, 1.82) is 0 Å². The van der Waals surface area contributed by atoms with E-state index in [1.165, 1.54) is 29.4 Å². The normalized spacial score (nSPS) is 17.7. The van der Waals surface area contributed by atoms with Crippen molar-refractivity contribution in [1.82, 2.24) is 24.3 Å². The minimum atomic E-state index is -3.99. The Labute approximate surface area is 225 Å². The number of piperazine rings is 1. The highest BCUT2D eigenvalue weighted by molar-refractivity contribution is 7.89. The van der Waals surface area contributed by atoms with E-state index in [1.807, 2.05) is 9.80 Å². The zero-order chi connectivity index (χ0) is 27.6.